The summed E-state index contributed by atoms with van der Waals surface area (Å²) in [5.74, 6) is 0.199. The van der Waals surface area contributed by atoms with E-state index >= 15 is 0 Å². The molecule has 2 amide bonds. The fraction of sp³-hybridized carbons (Fsp3) is 0.478. The summed E-state index contributed by atoms with van der Waals surface area (Å²) in [5, 5.41) is 0. The molecule has 1 aromatic carbocycles. The number of rotatable bonds is 4. The van der Waals surface area contributed by atoms with Gasteiger partial charge in [0.1, 0.15) is 11.6 Å². The summed E-state index contributed by atoms with van der Waals surface area (Å²) in [6, 6.07) is 5.73. The number of amides is 2. The second-order valence-electron chi connectivity index (χ2n) is 8.27. The van der Waals surface area contributed by atoms with E-state index in [0.717, 1.165) is 12.1 Å². The van der Waals surface area contributed by atoms with Gasteiger partial charge in [0, 0.05) is 44.0 Å². The average Bonchev–Trinajstić information content (AvgIpc) is 2.78. The minimum atomic E-state index is -0.425. The molecule has 0 aliphatic carbocycles. The van der Waals surface area contributed by atoms with Gasteiger partial charge in [0.2, 0.25) is 5.91 Å². The molecule has 31 heavy (non-hydrogen) atoms. The van der Waals surface area contributed by atoms with E-state index in [0.29, 0.717) is 68.8 Å². The Balaban J connectivity index is 1.43. The zero-order valence-electron chi connectivity index (χ0n) is 17.7. The Morgan fingerprint density at radius 3 is 2.68 bits per heavy atom. The molecule has 7 nitrogen and oxygen atoms in total. The molecule has 0 spiro atoms. The summed E-state index contributed by atoms with van der Waals surface area (Å²) >= 11 is 0. The molecule has 0 bridgehead atoms. The van der Waals surface area contributed by atoms with Gasteiger partial charge in [-0.1, -0.05) is 13.0 Å². The number of carbonyl (C=O) groups is 2. The Morgan fingerprint density at radius 2 is 1.97 bits per heavy atom. The number of hydrogen-bond acceptors (Lipinski definition) is 4. The smallest absolute Gasteiger partial charge is 0.256 e. The molecular formula is C23H27FN4O3. The summed E-state index contributed by atoms with van der Waals surface area (Å²) in [6.07, 6.45) is 3.23. The number of piperidine rings is 1. The Labute approximate surface area is 180 Å². The standard InChI is InChI=1S/C23H27FN4O3/c1-2-4-20(29)28-12-9-19-18(14-28)22(30)26-21(25-19)15-7-10-27(11-8-15)23(31)16-5-3-6-17(24)13-16/h3,5-6,13,15H,2,4,7-12,14H2,1H3,(H,25,26,30). The van der Waals surface area contributed by atoms with E-state index in [-0.39, 0.29) is 23.3 Å². The Hall–Kier alpha value is -3.03. The van der Waals surface area contributed by atoms with Crippen LogP contribution in [0.5, 0.6) is 0 Å². The zero-order valence-corrected chi connectivity index (χ0v) is 17.7. The number of H-pyrrole nitrogens is 1. The van der Waals surface area contributed by atoms with Crippen molar-refractivity contribution >= 4 is 11.8 Å². The number of aromatic amines is 1. The lowest BCUT2D eigenvalue weighted by Gasteiger charge is -2.32. The van der Waals surface area contributed by atoms with E-state index in [2.05, 4.69) is 4.98 Å². The molecule has 8 heteroatoms. The summed E-state index contributed by atoms with van der Waals surface area (Å²) < 4.78 is 13.4. The highest BCUT2D eigenvalue weighted by atomic mass is 19.1. The first-order valence-electron chi connectivity index (χ1n) is 10.9. The van der Waals surface area contributed by atoms with Crippen molar-refractivity contribution in [2.45, 2.75) is 51.5 Å². The third-order valence-electron chi connectivity index (χ3n) is 6.14. The third-order valence-corrected chi connectivity index (χ3v) is 6.14. The van der Waals surface area contributed by atoms with Gasteiger partial charge in [-0.2, -0.15) is 0 Å². The van der Waals surface area contributed by atoms with Gasteiger partial charge >= 0.3 is 0 Å². The van der Waals surface area contributed by atoms with Gasteiger partial charge in [-0.15, -0.1) is 0 Å². The van der Waals surface area contributed by atoms with Crippen LogP contribution in [0.3, 0.4) is 0 Å². The molecule has 1 aromatic heterocycles. The molecule has 0 atom stereocenters. The normalized spacial score (nSPS) is 16.8. The minimum Gasteiger partial charge on any atom is -0.339 e. The lowest BCUT2D eigenvalue weighted by molar-refractivity contribution is -0.132. The number of nitrogens with zero attached hydrogens (tertiary/aromatic N) is 3. The lowest BCUT2D eigenvalue weighted by Crippen LogP contribution is -2.41. The zero-order chi connectivity index (χ0) is 22.0. The van der Waals surface area contributed by atoms with Crippen LogP contribution in [0.2, 0.25) is 0 Å². The molecule has 2 aliphatic heterocycles. The highest BCUT2D eigenvalue weighted by Crippen LogP contribution is 2.27. The number of likely N-dealkylation sites (tertiary alicyclic amines) is 1. The predicted octanol–water partition coefficient (Wildman–Crippen LogP) is 2.61. The maximum absolute atomic E-state index is 13.4. The largest absolute Gasteiger partial charge is 0.339 e. The van der Waals surface area contributed by atoms with E-state index in [4.69, 9.17) is 4.98 Å². The van der Waals surface area contributed by atoms with Crippen molar-refractivity contribution in [1.82, 2.24) is 19.8 Å². The van der Waals surface area contributed by atoms with Crippen molar-refractivity contribution in [2.24, 2.45) is 0 Å². The molecule has 2 aromatic rings. The Bertz CT molecular complexity index is 1040. The summed E-state index contributed by atoms with van der Waals surface area (Å²) in [4.78, 5) is 48.6. The summed E-state index contributed by atoms with van der Waals surface area (Å²) in [5.41, 5.74) is 1.53. The number of hydrogen-bond donors (Lipinski definition) is 1. The van der Waals surface area contributed by atoms with E-state index < -0.39 is 5.82 Å². The maximum atomic E-state index is 13.4. The van der Waals surface area contributed by atoms with Crippen molar-refractivity contribution in [2.75, 3.05) is 19.6 Å². The summed E-state index contributed by atoms with van der Waals surface area (Å²) in [6.45, 7) is 3.92. The molecule has 1 fully saturated rings. The van der Waals surface area contributed by atoms with Gasteiger partial charge in [-0.05, 0) is 37.5 Å². The highest BCUT2D eigenvalue weighted by molar-refractivity contribution is 5.94. The van der Waals surface area contributed by atoms with Crippen LogP contribution in [-0.2, 0) is 17.8 Å². The van der Waals surface area contributed by atoms with Crippen molar-refractivity contribution in [3.8, 4) is 0 Å². The van der Waals surface area contributed by atoms with Crippen LogP contribution >= 0.6 is 0 Å². The van der Waals surface area contributed by atoms with E-state index in [1.54, 1.807) is 15.9 Å². The first kappa shape index (κ1) is 21.2. The molecule has 0 saturated carbocycles. The summed E-state index contributed by atoms with van der Waals surface area (Å²) in [7, 11) is 0. The van der Waals surface area contributed by atoms with Gasteiger partial charge < -0.3 is 14.8 Å². The van der Waals surface area contributed by atoms with Gasteiger partial charge in [0.15, 0.2) is 0 Å². The first-order valence-corrected chi connectivity index (χ1v) is 10.9. The molecule has 164 valence electrons. The van der Waals surface area contributed by atoms with Gasteiger partial charge in [-0.25, -0.2) is 9.37 Å². The monoisotopic (exact) mass is 426 g/mol. The Morgan fingerprint density at radius 1 is 1.19 bits per heavy atom. The van der Waals surface area contributed by atoms with Crippen LogP contribution in [0.15, 0.2) is 29.1 Å². The van der Waals surface area contributed by atoms with Crippen molar-refractivity contribution in [3.05, 3.63) is 63.1 Å². The van der Waals surface area contributed by atoms with Crippen molar-refractivity contribution in [3.63, 3.8) is 0 Å². The maximum Gasteiger partial charge on any atom is 0.256 e. The second kappa shape index (κ2) is 8.99. The van der Waals surface area contributed by atoms with Crippen LogP contribution in [0.1, 0.15) is 66.0 Å². The van der Waals surface area contributed by atoms with Crippen molar-refractivity contribution in [1.29, 1.82) is 0 Å². The van der Waals surface area contributed by atoms with Crippen LogP contribution in [0.25, 0.3) is 0 Å². The van der Waals surface area contributed by atoms with Crippen molar-refractivity contribution < 1.29 is 14.0 Å². The highest BCUT2D eigenvalue weighted by Gasteiger charge is 2.29. The molecule has 0 unspecified atom stereocenters. The number of aromatic nitrogens is 2. The molecule has 4 rings (SSSR count). The lowest BCUT2D eigenvalue weighted by atomic mass is 9.94. The number of halogens is 1. The topological polar surface area (TPSA) is 86.4 Å². The molecule has 2 aliphatic rings. The van der Waals surface area contributed by atoms with Gasteiger partial charge in [0.25, 0.3) is 11.5 Å². The molecule has 1 N–H and O–H groups in total. The van der Waals surface area contributed by atoms with Crippen LogP contribution in [0.4, 0.5) is 4.39 Å². The van der Waals surface area contributed by atoms with Gasteiger partial charge in [-0.3, -0.25) is 14.4 Å². The SMILES string of the molecule is CCCC(=O)N1CCc2nc(C3CCN(C(=O)c4cccc(F)c4)CC3)[nH]c(=O)c2C1. The average molecular weight is 426 g/mol. The molecule has 3 heterocycles. The van der Waals surface area contributed by atoms with Crippen LogP contribution in [-0.4, -0.2) is 51.2 Å². The number of benzene rings is 1. The second-order valence-corrected chi connectivity index (χ2v) is 8.27. The fourth-order valence-corrected chi connectivity index (χ4v) is 4.38. The number of fused-ring (bicyclic) bond motifs is 1. The third kappa shape index (κ3) is 4.52. The van der Waals surface area contributed by atoms with Gasteiger partial charge in [0.05, 0.1) is 17.8 Å². The van der Waals surface area contributed by atoms with E-state index in [1.165, 1.54) is 18.2 Å². The predicted molar refractivity (Wildman–Crippen MR) is 113 cm³/mol. The Kier molecular flexibility index (Phi) is 6.15. The molecule has 1 saturated heterocycles. The fourth-order valence-electron chi connectivity index (χ4n) is 4.38. The van der Waals surface area contributed by atoms with E-state index in [9.17, 15) is 18.8 Å². The minimum absolute atomic E-state index is 0.0642. The quantitative estimate of drug-likeness (QED) is 0.814. The van der Waals surface area contributed by atoms with E-state index in [1.807, 2.05) is 6.92 Å². The number of carbonyl (C=O) groups excluding carboxylic acids is 2. The molecule has 0 radical (unpaired) electrons. The first-order chi connectivity index (χ1) is 15.0. The van der Waals surface area contributed by atoms with Crippen LogP contribution < -0.4 is 5.56 Å². The van der Waals surface area contributed by atoms with Crippen LogP contribution in [0, 0.1) is 5.82 Å². The molecular weight excluding hydrogens is 399 g/mol. The number of nitrogens with one attached hydrogen (secondary N) is 1.